The highest BCUT2D eigenvalue weighted by molar-refractivity contribution is 6.30. The third-order valence-electron chi connectivity index (χ3n) is 2.78. The number of hydrogen-bond donors (Lipinski definition) is 1. The van der Waals surface area contributed by atoms with Crippen molar-refractivity contribution in [2.45, 2.75) is 6.42 Å². The normalized spacial score (nSPS) is 10.6. The zero-order valence-electron chi connectivity index (χ0n) is 11.4. The number of nitro groups is 1. The van der Waals surface area contributed by atoms with Crippen molar-refractivity contribution in [1.29, 1.82) is 0 Å². The molecule has 0 unspecified atom stereocenters. The van der Waals surface area contributed by atoms with Crippen LogP contribution in [-0.4, -0.2) is 17.0 Å². The van der Waals surface area contributed by atoms with Crippen molar-refractivity contribution >= 4 is 29.4 Å². The van der Waals surface area contributed by atoms with Crippen LogP contribution in [0.25, 0.3) is 0 Å². The molecular weight excluding hydrogens is 306 g/mol. The Morgan fingerprint density at radius 1 is 1.18 bits per heavy atom. The van der Waals surface area contributed by atoms with Crippen LogP contribution in [0.3, 0.4) is 0 Å². The Morgan fingerprint density at radius 2 is 1.82 bits per heavy atom. The quantitative estimate of drug-likeness (QED) is 0.522. The summed E-state index contributed by atoms with van der Waals surface area (Å²) in [6.07, 6.45) is 1.60. The lowest BCUT2D eigenvalue weighted by molar-refractivity contribution is -0.384. The number of hydrogen-bond acceptors (Lipinski definition) is 4. The van der Waals surface area contributed by atoms with Gasteiger partial charge in [0, 0.05) is 17.2 Å². The van der Waals surface area contributed by atoms with Gasteiger partial charge in [-0.15, -0.1) is 0 Å². The zero-order valence-corrected chi connectivity index (χ0v) is 12.2. The minimum atomic E-state index is -0.486. The molecule has 7 heteroatoms. The number of hydrazone groups is 1. The second-order valence-corrected chi connectivity index (χ2v) is 4.88. The van der Waals surface area contributed by atoms with Gasteiger partial charge in [0.25, 0.3) is 5.69 Å². The number of nitrogens with zero attached hydrogens (tertiary/aromatic N) is 2. The molecule has 0 aliphatic rings. The van der Waals surface area contributed by atoms with Crippen LogP contribution in [-0.2, 0) is 11.2 Å². The maximum absolute atomic E-state index is 11.7. The van der Waals surface area contributed by atoms with Gasteiger partial charge in [-0.2, -0.15) is 5.10 Å². The number of carbonyl (C=O) groups excluding carboxylic acids is 1. The van der Waals surface area contributed by atoms with E-state index in [0.29, 0.717) is 10.6 Å². The van der Waals surface area contributed by atoms with E-state index in [4.69, 9.17) is 11.6 Å². The van der Waals surface area contributed by atoms with E-state index in [1.54, 1.807) is 36.4 Å². The molecule has 0 saturated carbocycles. The summed E-state index contributed by atoms with van der Waals surface area (Å²) in [6, 6.07) is 12.8. The monoisotopic (exact) mass is 317 g/mol. The van der Waals surface area contributed by atoms with Gasteiger partial charge in [0.05, 0.1) is 17.6 Å². The summed E-state index contributed by atoms with van der Waals surface area (Å²) in [5.74, 6) is -0.306. The summed E-state index contributed by atoms with van der Waals surface area (Å²) in [6.45, 7) is 0. The summed E-state index contributed by atoms with van der Waals surface area (Å²) in [7, 11) is 0. The third kappa shape index (κ3) is 4.68. The topological polar surface area (TPSA) is 84.6 Å². The van der Waals surface area contributed by atoms with Crippen LogP contribution in [0.2, 0.25) is 5.02 Å². The largest absolute Gasteiger partial charge is 0.273 e. The molecule has 1 N–H and O–H groups in total. The van der Waals surface area contributed by atoms with Gasteiger partial charge in [0.2, 0.25) is 5.91 Å². The first-order chi connectivity index (χ1) is 10.5. The Labute approximate surface area is 131 Å². The third-order valence-corrected chi connectivity index (χ3v) is 3.04. The molecule has 22 heavy (non-hydrogen) atoms. The Balaban J connectivity index is 1.87. The van der Waals surface area contributed by atoms with E-state index in [1.165, 1.54) is 18.3 Å². The summed E-state index contributed by atoms with van der Waals surface area (Å²) < 4.78 is 0. The van der Waals surface area contributed by atoms with Crippen LogP contribution < -0.4 is 5.43 Å². The van der Waals surface area contributed by atoms with Crippen LogP contribution in [0.15, 0.2) is 53.6 Å². The average Bonchev–Trinajstić information content (AvgIpc) is 2.50. The smallest absolute Gasteiger partial charge is 0.269 e. The lowest BCUT2D eigenvalue weighted by Crippen LogP contribution is -2.19. The Morgan fingerprint density at radius 3 is 2.41 bits per heavy atom. The van der Waals surface area contributed by atoms with Gasteiger partial charge in [-0.25, -0.2) is 5.43 Å². The molecule has 0 saturated heterocycles. The molecule has 0 fully saturated rings. The van der Waals surface area contributed by atoms with Crippen molar-refractivity contribution in [1.82, 2.24) is 5.43 Å². The first kappa shape index (κ1) is 15.7. The first-order valence-corrected chi connectivity index (χ1v) is 6.73. The fourth-order valence-electron chi connectivity index (χ4n) is 1.69. The molecule has 2 aromatic carbocycles. The molecule has 0 aliphatic heterocycles. The maximum Gasteiger partial charge on any atom is 0.269 e. The maximum atomic E-state index is 11.7. The highest BCUT2D eigenvalue weighted by Gasteiger charge is 2.06. The summed E-state index contributed by atoms with van der Waals surface area (Å²) in [4.78, 5) is 21.7. The number of benzene rings is 2. The van der Waals surface area contributed by atoms with Crippen LogP contribution in [0.5, 0.6) is 0 Å². The summed E-state index contributed by atoms with van der Waals surface area (Å²) in [5, 5.41) is 15.0. The van der Waals surface area contributed by atoms with Crippen molar-refractivity contribution in [3.8, 4) is 0 Å². The fourth-order valence-corrected chi connectivity index (χ4v) is 1.81. The standard InChI is InChI=1S/C15H12ClN3O3/c16-13-5-1-12(2-6-13)10-17-18-15(20)9-11-3-7-14(8-4-11)19(21)22/h1-8,10H,9H2,(H,18,20)/b17-10+. The molecule has 112 valence electrons. The SMILES string of the molecule is O=C(Cc1ccc([N+](=O)[O-])cc1)N/N=C/c1ccc(Cl)cc1. The predicted molar refractivity (Wildman–Crippen MR) is 84.0 cm³/mol. The van der Waals surface area contributed by atoms with E-state index in [2.05, 4.69) is 10.5 Å². The van der Waals surface area contributed by atoms with Gasteiger partial charge < -0.3 is 0 Å². The molecule has 0 aromatic heterocycles. The van der Waals surface area contributed by atoms with Crippen molar-refractivity contribution in [3.63, 3.8) is 0 Å². The second kappa shape index (κ2) is 7.33. The van der Waals surface area contributed by atoms with Crippen LogP contribution >= 0.6 is 11.6 Å². The van der Waals surface area contributed by atoms with E-state index < -0.39 is 4.92 Å². The number of rotatable bonds is 5. The van der Waals surface area contributed by atoms with E-state index in [-0.39, 0.29) is 18.0 Å². The van der Waals surface area contributed by atoms with E-state index in [9.17, 15) is 14.9 Å². The molecule has 0 aliphatic carbocycles. The Kier molecular flexibility index (Phi) is 5.21. The molecule has 2 aromatic rings. The number of amides is 1. The van der Waals surface area contributed by atoms with Crippen LogP contribution in [0, 0.1) is 10.1 Å². The number of nitro benzene ring substituents is 1. The van der Waals surface area contributed by atoms with Crippen molar-refractivity contribution < 1.29 is 9.72 Å². The lowest BCUT2D eigenvalue weighted by atomic mass is 10.1. The molecule has 0 bridgehead atoms. The fraction of sp³-hybridized carbons (Fsp3) is 0.0667. The van der Waals surface area contributed by atoms with E-state index >= 15 is 0 Å². The predicted octanol–water partition coefficient (Wildman–Crippen LogP) is 2.94. The van der Waals surface area contributed by atoms with Gasteiger partial charge in [-0.05, 0) is 23.3 Å². The number of halogens is 1. The molecular formula is C15H12ClN3O3. The molecule has 2 rings (SSSR count). The lowest BCUT2D eigenvalue weighted by Gasteiger charge is -2.00. The van der Waals surface area contributed by atoms with E-state index in [1.807, 2.05) is 0 Å². The Bertz CT molecular complexity index is 697. The van der Waals surface area contributed by atoms with Crippen LogP contribution in [0.4, 0.5) is 5.69 Å². The summed E-state index contributed by atoms with van der Waals surface area (Å²) >= 11 is 5.76. The van der Waals surface area contributed by atoms with Gasteiger partial charge >= 0.3 is 0 Å². The molecule has 1 amide bonds. The van der Waals surface area contributed by atoms with Gasteiger partial charge in [-0.3, -0.25) is 14.9 Å². The molecule has 6 nitrogen and oxygen atoms in total. The zero-order chi connectivity index (χ0) is 15.9. The number of nitrogens with one attached hydrogen (secondary N) is 1. The van der Waals surface area contributed by atoms with Crippen molar-refractivity contribution in [2.75, 3.05) is 0 Å². The number of non-ortho nitro benzene ring substituents is 1. The van der Waals surface area contributed by atoms with Gasteiger partial charge in [0.15, 0.2) is 0 Å². The van der Waals surface area contributed by atoms with Gasteiger partial charge in [0.1, 0.15) is 0 Å². The van der Waals surface area contributed by atoms with E-state index in [0.717, 1.165) is 5.56 Å². The van der Waals surface area contributed by atoms with Crippen LogP contribution in [0.1, 0.15) is 11.1 Å². The summed E-state index contributed by atoms with van der Waals surface area (Å²) in [5.41, 5.74) is 3.86. The first-order valence-electron chi connectivity index (χ1n) is 6.35. The highest BCUT2D eigenvalue weighted by atomic mass is 35.5. The van der Waals surface area contributed by atoms with Gasteiger partial charge in [-0.1, -0.05) is 35.9 Å². The second-order valence-electron chi connectivity index (χ2n) is 4.45. The number of carbonyl (C=O) groups is 1. The minimum Gasteiger partial charge on any atom is -0.273 e. The Hall–Kier alpha value is -2.73. The molecule has 0 spiro atoms. The molecule has 0 heterocycles. The van der Waals surface area contributed by atoms with Crippen molar-refractivity contribution in [2.24, 2.45) is 5.10 Å². The highest BCUT2D eigenvalue weighted by Crippen LogP contribution is 2.12. The average molecular weight is 318 g/mol. The minimum absolute atomic E-state index is 0.00934. The molecule has 0 radical (unpaired) electrons. The molecule has 0 atom stereocenters. The van der Waals surface area contributed by atoms with Crippen molar-refractivity contribution in [3.05, 3.63) is 74.8 Å².